The summed E-state index contributed by atoms with van der Waals surface area (Å²) < 4.78 is 6.46. The van der Waals surface area contributed by atoms with E-state index in [1.165, 1.54) is 40.5 Å². The number of amides is 2. The lowest BCUT2D eigenvalue weighted by molar-refractivity contribution is -0.384. The van der Waals surface area contributed by atoms with Gasteiger partial charge >= 0.3 is 4.87 Å². The molecule has 8 rings (SSSR count). The van der Waals surface area contributed by atoms with Crippen LogP contribution in [-0.4, -0.2) is 27.0 Å². The quantitative estimate of drug-likeness (QED) is 0.141. The molecule has 0 spiro atoms. The number of aromatic nitrogens is 1. The lowest BCUT2D eigenvalue weighted by Gasteiger charge is -2.43. The molecule has 2 bridgehead atoms. The summed E-state index contributed by atoms with van der Waals surface area (Å²) in [5, 5.41) is 12.5. The molecule has 0 radical (unpaired) electrons. The Morgan fingerprint density at radius 1 is 1.02 bits per heavy atom. The minimum atomic E-state index is -0.508. The number of nitro benzene ring substituents is 1. The molecule has 3 aromatic carbocycles. The van der Waals surface area contributed by atoms with E-state index in [1.54, 1.807) is 17.8 Å². The normalized spacial score (nSPS) is 27.8. The number of non-ortho nitro benzene ring substituents is 1. The van der Waals surface area contributed by atoms with Gasteiger partial charge in [0.15, 0.2) is 0 Å². The molecule has 4 aromatic rings. The summed E-state index contributed by atoms with van der Waals surface area (Å²) in [5.41, 5.74) is 3.30. The predicted octanol–water partition coefficient (Wildman–Crippen LogP) is 6.56. The first-order valence-electron chi connectivity index (χ1n) is 14.7. The monoisotopic (exact) mass is 659 g/mol. The Morgan fingerprint density at radius 3 is 2.49 bits per heavy atom. The number of thioether (sulfide) groups is 1. The van der Waals surface area contributed by atoms with E-state index in [0.717, 1.165) is 33.0 Å². The van der Waals surface area contributed by atoms with Gasteiger partial charge in [0.2, 0.25) is 11.8 Å². The molecule has 6 unspecified atom stereocenters. The van der Waals surface area contributed by atoms with Gasteiger partial charge in [-0.3, -0.25) is 29.4 Å². The number of rotatable bonds is 6. The number of nitrogens with one attached hydrogen (secondary N) is 1. The molecule has 2 aliphatic heterocycles. The van der Waals surface area contributed by atoms with Crippen molar-refractivity contribution in [2.45, 2.75) is 36.1 Å². The topological polar surface area (TPSA) is 123 Å². The predicted molar refractivity (Wildman–Crippen MR) is 171 cm³/mol. The van der Waals surface area contributed by atoms with Gasteiger partial charge in [0, 0.05) is 38.8 Å². The van der Waals surface area contributed by atoms with Crippen molar-refractivity contribution >= 4 is 57.9 Å². The van der Waals surface area contributed by atoms with Gasteiger partial charge in [0.25, 0.3) is 5.69 Å². The third-order valence-corrected chi connectivity index (χ3v) is 12.8. The molecule has 1 saturated heterocycles. The summed E-state index contributed by atoms with van der Waals surface area (Å²) in [6, 6.07) is 19.2. The van der Waals surface area contributed by atoms with Crippen molar-refractivity contribution in [1.29, 1.82) is 0 Å². The first-order chi connectivity index (χ1) is 21.7. The number of thiazole rings is 1. The number of nitro groups is 1. The van der Waals surface area contributed by atoms with Crippen LogP contribution >= 0.6 is 34.7 Å². The Balaban J connectivity index is 1.19. The van der Waals surface area contributed by atoms with E-state index in [1.807, 2.05) is 43.3 Å². The van der Waals surface area contributed by atoms with Crippen LogP contribution in [0.5, 0.6) is 5.75 Å². The summed E-state index contributed by atoms with van der Waals surface area (Å²) >= 11 is 9.40. The molecule has 12 heteroatoms. The van der Waals surface area contributed by atoms with E-state index >= 15 is 0 Å². The zero-order chi connectivity index (χ0) is 31.1. The fraction of sp³-hybridized carbons (Fsp3) is 0.303. The Morgan fingerprint density at radius 2 is 1.76 bits per heavy atom. The average molecular weight is 660 g/mol. The third kappa shape index (κ3) is 4.39. The lowest BCUT2D eigenvalue weighted by atomic mass is 9.68. The summed E-state index contributed by atoms with van der Waals surface area (Å²) in [4.78, 5) is 56.4. The van der Waals surface area contributed by atoms with Gasteiger partial charge in [-0.05, 0) is 72.6 Å². The van der Waals surface area contributed by atoms with Crippen LogP contribution in [0.4, 0.5) is 11.4 Å². The van der Waals surface area contributed by atoms with Gasteiger partial charge in [-0.25, -0.2) is 0 Å². The van der Waals surface area contributed by atoms with Gasteiger partial charge in [0.05, 0.1) is 27.5 Å². The molecule has 4 aliphatic rings. The van der Waals surface area contributed by atoms with Crippen LogP contribution in [0.1, 0.15) is 33.9 Å². The van der Waals surface area contributed by atoms with E-state index in [4.69, 9.17) is 16.3 Å². The van der Waals surface area contributed by atoms with E-state index in [0.29, 0.717) is 23.1 Å². The van der Waals surface area contributed by atoms with E-state index in [2.05, 4.69) is 4.98 Å². The molecular weight excluding hydrogens is 634 g/mol. The number of imide groups is 1. The second-order valence-electron chi connectivity index (χ2n) is 12.1. The number of fused-ring (bicyclic) bond motifs is 9. The molecule has 3 fully saturated rings. The summed E-state index contributed by atoms with van der Waals surface area (Å²) in [7, 11) is 0. The molecule has 3 heterocycles. The SMILES string of the molecule is Cc1ccccc1COc1ccc(Cl)cc1[C@H]1c2sc(=O)[nH]c2SC2C3CC(C4C(=O)N(c5ccc([N+](=O)[O-])cc5)C(=O)C34)C21. The standard InChI is InChI=1S/C33H26ClN3O6S2/c1-15-4-2-3-5-16(15)14-43-23-11-6-17(34)12-20(23)24-25-21-13-22(28(25)44-30-29(24)45-33(40)35-30)27-26(21)31(38)36(32(27)39)18-7-9-19(10-8-18)37(41)42/h2-12,21-22,24-28H,13-14H2,1H3,(H,35,40)/t21?,22?,24-,25?,26?,27?,28?/m1/s1. The van der Waals surface area contributed by atoms with Crippen LogP contribution < -0.4 is 14.5 Å². The number of benzene rings is 3. The van der Waals surface area contributed by atoms with Gasteiger partial charge in [0.1, 0.15) is 12.4 Å². The highest BCUT2D eigenvalue weighted by Crippen LogP contribution is 2.69. The maximum Gasteiger partial charge on any atom is 0.305 e. The molecule has 228 valence electrons. The minimum absolute atomic E-state index is 0.00393. The highest BCUT2D eigenvalue weighted by atomic mass is 35.5. The highest BCUT2D eigenvalue weighted by molar-refractivity contribution is 8.00. The number of aryl methyl sites for hydroxylation is 1. The van der Waals surface area contributed by atoms with Crippen LogP contribution in [0.25, 0.3) is 0 Å². The van der Waals surface area contributed by atoms with Crippen molar-refractivity contribution in [3.63, 3.8) is 0 Å². The fourth-order valence-corrected chi connectivity index (χ4v) is 11.2. The molecule has 1 aromatic heterocycles. The molecule has 1 N–H and O–H groups in total. The van der Waals surface area contributed by atoms with E-state index in [-0.39, 0.29) is 51.3 Å². The smallest absolute Gasteiger partial charge is 0.305 e. The van der Waals surface area contributed by atoms with Gasteiger partial charge in [-0.15, -0.1) is 11.8 Å². The molecule has 2 aliphatic carbocycles. The van der Waals surface area contributed by atoms with Crippen LogP contribution in [0.2, 0.25) is 5.02 Å². The highest BCUT2D eigenvalue weighted by Gasteiger charge is 2.69. The lowest BCUT2D eigenvalue weighted by Crippen LogP contribution is -2.42. The molecule has 2 amide bonds. The number of aromatic amines is 1. The number of H-pyrrole nitrogens is 1. The van der Waals surface area contributed by atoms with Gasteiger partial charge in [-0.1, -0.05) is 47.2 Å². The zero-order valence-electron chi connectivity index (χ0n) is 23.8. The van der Waals surface area contributed by atoms with Crippen molar-refractivity contribution in [1.82, 2.24) is 4.98 Å². The maximum atomic E-state index is 14.1. The number of halogens is 1. The average Bonchev–Trinajstić information content (AvgIpc) is 3.76. The fourth-order valence-electron chi connectivity index (χ4n) is 8.16. The molecular formula is C33H26ClN3O6S2. The summed E-state index contributed by atoms with van der Waals surface area (Å²) in [6.07, 6.45) is 0.735. The zero-order valence-corrected chi connectivity index (χ0v) is 26.2. The third-order valence-electron chi connectivity index (χ3n) is 9.99. The van der Waals surface area contributed by atoms with Crippen molar-refractivity contribution in [2.75, 3.05) is 4.90 Å². The number of hydrogen-bond acceptors (Lipinski definition) is 8. The minimum Gasteiger partial charge on any atom is -0.489 e. The van der Waals surface area contributed by atoms with E-state index in [9.17, 15) is 24.5 Å². The number of ether oxygens (including phenoxy) is 1. The second-order valence-corrected chi connectivity index (χ2v) is 14.8. The van der Waals surface area contributed by atoms with Crippen LogP contribution in [0.3, 0.4) is 0 Å². The van der Waals surface area contributed by atoms with Gasteiger partial charge in [-0.2, -0.15) is 0 Å². The van der Waals surface area contributed by atoms with Gasteiger partial charge < -0.3 is 9.72 Å². The van der Waals surface area contributed by atoms with Crippen molar-refractivity contribution in [3.8, 4) is 5.75 Å². The Hall–Kier alpha value is -3.93. The molecule has 9 nitrogen and oxygen atoms in total. The molecule has 2 saturated carbocycles. The summed E-state index contributed by atoms with van der Waals surface area (Å²) in [6.45, 7) is 2.40. The Kier molecular flexibility index (Phi) is 6.70. The second kappa shape index (κ2) is 10.6. The van der Waals surface area contributed by atoms with Crippen LogP contribution in [-0.2, 0) is 16.2 Å². The number of carbonyl (C=O) groups is 2. The summed E-state index contributed by atoms with van der Waals surface area (Å²) in [5.74, 6) is -1.28. The van der Waals surface area contributed by atoms with Crippen LogP contribution in [0.15, 0.2) is 76.6 Å². The molecule has 45 heavy (non-hydrogen) atoms. The van der Waals surface area contributed by atoms with E-state index < -0.39 is 16.8 Å². The van der Waals surface area contributed by atoms with Crippen molar-refractivity contribution < 1.29 is 19.2 Å². The van der Waals surface area contributed by atoms with Crippen LogP contribution in [0, 0.1) is 46.6 Å². The maximum absolute atomic E-state index is 14.1. The molecule has 7 atom stereocenters. The number of anilines is 1. The van der Waals surface area contributed by atoms with Crippen molar-refractivity contribution in [3.05, 3.63) is 113 Å². The number of nitrogens with zero attached hydrogens (tertiary/aromatic N) is 2. The Bertz CT molecular complexity index is 1960. The first kappa shape index (κ1) is 28.5. The number of carbonyl (C=O) groups excluding carboxylic acids is 2. The Labute approximate surface area is 270 Å². The first-order valence-corrected chi connectivity index (χ1v) is 16.8. The number of hydrogen-bond donors (Lipinski definition) is 1. The largest absolute Gasteiger partial charge is 0.489 e. The van der Waals surface area contributed by atoms with Crippen molar-refractivity contribution in [2.24, 2.45) is 29.6 Å².